The second-order valence-corrected chi connectivity index (χ2v) is 9.95. The van der Waals surface area contributed by atoms with Gasteiger partial charge in [0, 0.05) is 31.7 Å². The van der Waals surface area contributed by atoms with E-state index in [1.54, 1.807) is 23.5 Å². The van der Waals surface area contributed by atoms with Gasteiger partial charge in [-0.1, -0.05) is 24.3 Å². The van der Waals surface area contributed by atoms with Crippen LogP contribution in [0.15, 0.2) is 64.2 Å². The Hall–Kier alpha value is -2.39. The fraction of sp³-hybridized carbons (Fsp3) is 0.304. The number of rotatable bonds is 8. The van der Waals surface area contributed by atoms with Crippen LogP contribution in [-0.4, -0.2) is 40.6 Å². The number of thiophene rings is 1. The topological polar surface area (TPSA) is 67.9 Å². The fourth-order valence-corrected chi connectivity index (χ4v) is 5.86. The summed E-state index contributed by atoms with van der Waals surface area (Å²) in [5, 5.41) is 4.12. The molecule has 1 N–H and O–H groups in total. The number of methoxy groups -OCH3 is 2. The molecule has 1 aliphatic heterocycles. The lowest BCUT2D eigenvalue weighted by atomic mass is 9.97. The molecule has 1 aliphatic rings. The van der Waals surface area contributed by atoms with E-state index in [9.17, 15) is 8.42 Å². The number of benzene rings is 2. The van der Waals surface area contributed by atoms with Gasteiger partial charge in [0.25, 0.3) is 0 Å². The first kappa shape index (κ1) is 21.8. The smallest absolute Gasteiger partial charge is 0.244 e. The second-order valence-electron chi connectivity index (χ2n) is 7.43. The van der Waals surface area contributed by atoms with E-state index in [1.165, 1.54) is 31.4 Å². The van der Waals surface area contributed by atoms with Gasteiger partial charge in [-0.15, -0.1) is 0 Å². The quantitative estimate of drug-likeness (QED) is 0.556. The van der Waals surface area contributed by atoms with Crippen LogP contribution in [0.5, 0.6) is 11.5 Å². The molecule has 0 unspecified atom stereocenters. The Morgan fingerprint density at radius 1 is 1.10 bits per heavy atom. The number of nitrogens with zero attached hydrogens (tertiary/aromatic N) is 1. The first-order valence-corrected chi connectivity index (χ1v) is 12.5. The molecule has 0 bridgehead atoms. The molecule has 4 rings (SSSR count). The molecule has 0 aliphatic carbocycles. The van der Waals surface area contributed by atoms with Gasteiger partial charge in [-0.25, -0.2) is 13.1 Å². The monoisotopic (exact) mass is 458 g/mol. The first-order chi connectivity index (χ1) is 15.0. The van der Waals surface area contributed by atoms with Crippen molar-refractivity contribution in [3.8, 4) is 11.5 Å². The van der Waals surface area contributed by atoms with Crippen molar-refractivity contribution >= 4 is 21.4 Å². The predicted molar refractivity (Wildman–Crippen MR) is 122 cm³/mol. The Bertz CT molecular complexity index is 1130. The zero-order chi connectivity index (χ0) is 21.8. The van der Waals surface area contributed by atoms with Crippen LogP contribution in [0, 0.1) is 0 Å². The Kier molecular flexibility index (Phi) is 6.62. The van der Waals surface area contributed by atoms with Crippen molar-refractivity contribution in [2.24, 2.45) is 0 Å². The molecule has 0 spiro atoms. The van der Waals surface area contributed by atoms with Gasteiger partial charge >= 0.3 is 0 Å². The van der Waals surface area contributed by atoms with E-state index in [2.05, 4.69) is 45.3 Å². The van der Waals surface area contributed by atoms with Crippen molar-refractivity contribution in [1.82, 2.24) is 9.62 Å². The summed E-state index contributed by atoms with van der Waals surface area (Å²) in [6, 6.07) is 15.2. The van der Waals surface area contributed by atoms with Gasteiger partial charge < -0.3 is 9.47 Å². The number of ether oxygens (including phenoxy) is 2. The lowest BCUT2D eigenvalue weighted by Gasteiger charge is -2.35. The number of nitrogens with one attached hydrogen (secondary N) is 1. The fourth-order valence-electron chi connectivity index (χ4n) is 3.97. The maximum Gasteiger partial charge on any atom is 0.244 e. The molecule has 8 heteroatoms. The van der Waals surface area contributed by atoms with E-state index in [-0.39, 0.29) is 23.2 Å². The highest BCUT2D eigenvalue weighted by Crippen LogP contribution is 2.31. The van der Waals surface area contributed by atoms with Crippen LogP contribution in [0.3, 0.4) is 0 Å². The first-order valence-electron chi connectivity index (χ1n) is 10.1. The van der Waals surface area contributed by atoms with Crippen molar-refractivity contribution in [1.29, 1.82) is 0 Å². The molecule has 0 amide bonds. The molecular formula is C23H26N2O4S2. The molecule has 2 aromatic carbocycles. The third-order valence-corrected chi connectivity index (χ3v) is 7.82. The summed E-state index contributed by atoms with van der Waals surface area (Å²) in [6.45, 7) is 1.95. The lowest BCUT2D eigenvalue weighted by Crippen LogP contribution is -2.40. The van der Waals surface area contributed by atoms with Crippen LogP contribution in [-0.2, 0) is 23.0 Å². The highest BCUT2D eigenvalue weighted by atomic mass is 32.2. The van der Waals surface area contributed by atoms with Gasteiger partial charge in [-0.2, -0.15) is 11.3 Å². The number of hydrogen-bond donors (Lipinski definition) is 1. The van der Waals surface area contributed by atoms with E-state index < -0.39 is 10.0 Å². The third kappa shape index (κ3) is 4.77. The Morgan fingerprint density at radius 3 is 2.61 bits per heavy atom. The zero-order valence-corrected chi connectivity index (χ0v) is 19.2. The van der Waals surface area contributed by atoms with E-state index in [4.69, 9.17) is 9.47 Å². The number of fused-ring (bicyclic) bond motifs is 1. The second kappa shape index (κ2) is 9.40. The van der Waals surface area contributed by atoms with E-state index >= 15 is 0 Å². The average Bonchev–Trinajstić information content (AvgIpc) is 3.33. The van der Waals surface area contributed by atoms with E-state index in [1.807, 2.05) is 5.38 Å². The Balaban J connectivity index is 1.56. The van der Waals surface area contributed by atoms with Gasteiger partial charge in [0.2, 0.25) is 10.0 Å². The van der Waals surface area contributed by atoms with Gasteiger partial charge in [0.05, 0.1) is 14.2 Å². The molecule has 0 saturated heterocycles. The van der Waals surface area contributed by atoms with Crippen LogP contribution in [0.2, 0.25) is 0 Å². The van der Waals surface area contributed by atoms with Gasteiger partial charge in [0.15, 0.2) is 0 Å². The summed E-state index contributed by atoms with van der Waals surface area (Å²) in [5.74, 6) is 0.796. The van der Waals surface area contributed by atoms with Gasteiger partial charge in [0.1, 0.15) is 16.4 Å². The van der Waals surface area contributed by atoms with Crippen molar-refractivity contribution in [2.75, 3.05) is 27.3 Å². The molecule has 2 heterocycles. The molecular weight excluding hydrogens is 432 g/mol. The molecule has 31 heavy (non-hydrogen) atoms. The minimum atomic E-state index is -3.77. The van der Waals surface area contributed by atoms with Gasteiger partial charge in [-0.05, 0) is 52.1 Å². The standard InChI is InChI=1S/C23H26N2O4S2/c1-28-20-7-8-23(22(13-20)29-2)31(26,27)24-14-21(19-10-12-30-16-19)25-11-9-17-5-3-4-6-18(17)15-25/h3-8,10,12-13,16,21,24H,9,11,14-15H2,1-2H3/t21-/m1/s1. The summed E-state index contributed by atoms with van der Waals surface area (Å²) in [6.07, 6.45) is 0.954. The molecule has 164 valence electrons. The average molecular weight is 459 g/mol. The predicted octanol–water partition coefficient (Wildman–Crippen LogP) is 3.84. The highest BCUT2D eigenvalue weighted by Gasteiger charge is 2.28. The number of sulfonamides is 1. The Morgan fingerprint density at radius 2 is 1.90 bits per heavy atom. The van der Waals surface area contributed by atoms with Gasteiger partial charge in [-0.3, -0.25) is 4.90 Å². The largest absolute Gasteiger partial charge is 0.497 e. The van der Waals surface area contributed by atoms with Crippen LogP contribution < -0.4 is 14.2 Å². The van der Waals surface area contributed by atoms with Crippen molar-refractivity contribution in [3.05, 3.63) is 76.0 Å². The van der Waals surface area contributed by atoms with E-state index in [0.717, 1.165) is 25.1 Å². The van der Waals surface area contributed by atoms with Crippen molar-refractivity contribution in [3.63, 3.8) is 0 Å². The van der Waals surface area contributed by atoms with Crippen LogP contribution in [0.4, 0.5) is 0 Å². The van der Waals surface area contributed by atoms with E-state index in [0.29, 0.717) is 5.75 Å². The summed E-state index contributed by atoms with van der Waals surface area (Å²) in [5.41, 5.74) is 3.79. The highest BCUT2D eigenvalue weighted by molar-refractivity contribution is 7.89. The molecule has 0 radical (unpaired) electrons. The molecule has 0 fully saturated rings. The van der Waals surface area contributed by atoms with Crippen LogP contribution in [0.25, 0.3) is 0 Å². The summed E-state index contributed by atoms with van der Waals surface area (Å²) >= 11 is 1.62. The molecule has 0 saturated carbocycles. The molecule has 1 atom stereocenters. The molecule has 3 aromatic rings. The lowest BCUT2D eigenvalue weighted by molar-refractivity contribution is 0.180. The van der Waals surface area contributed by atoms with Crippen molar-refractivity contribution < 1.29 is 17.9 Å². The molecule has 1 aromatic heterocycles. The third-order valence-electron chi connectivity index (χ3n) is 5.66. The Labute approximate surface area is 187 Å². The zero-order valence-electron chi connectivity index (χ0n) is 17.6. The van der Waals surface area contributed by atoms with Crippen LogP contribution in [0.1, 0.15) is 22.7 Å². The SMILES string of the molecule is COc1ccc(S(=O)(=O)NC[C@H](c2ccsc2)N2CCc3ccccc3C2)c(OC)c1. The maximum absolute atomic E-state index is 13.1. The maximum atomic E-state index is 13.1. The van der Waals surface area contributed by atoms with Crippen LogP contribution >= 0.6 is 11.3 Å². The van der Waals surface area contributed by atoms with Crippen molar-refractivity contribution in [2.45, 2.75) is 23.9 Å². The summed E-state index contributed by atoms with van der Waals surface area (Å²) in [4.78, 5) is 2.45. The minimum Gasteiger partial charge on any atom is -0.497 e. The number of hydrogen-bond acceptors (Lipinski definition) is 6. The molecule has 6 nitrogen and oxygen atoms in total. The summed E-state index contributed by atoms with van der Waals surface area (Å²) in [7, 11) is -0.784. The minimum absolute atomic E-state index is 0.0568. The normalized spacial score (nSPS) is 15.3. The summed E-state index contributed by atoms with van der Waals surface area (Å²) < 4.78 is 39.5.